The number of amides is 1. The molecule has 3 aliphatic rings. The number of hydrogen-bond donors (Lipinski definition) is 2. The molecule has 0 radical (unpaired) electrons. The minimum Gasteiger partial charge on any atom is -0.394 e. The molecule has 0 saturated heterocycles. The number of carbonyl (C=O) groups excluding carboxylic acids is 1. The van der Waals surface area contributed by atoms with Crippen molar-refractivity contribution in [3.05, 3.63) is 22.4 Å². The van der Waals surface area contributed by atoms with Gasteiger partial charge in [0.1, 0.15) is 0 Å². The average Bonchev–Trinajstić information content (AvgIpc) is 3.07. The van der Waals surface area contributed by atoms with Gasteiger partial charge >= 0.3 is 6.18 Å². The molecule has 1 aromatic rings. The van der Waals surface area contributed by atoms with Crippen molar-refractivity contribution in [3.63, 3.8) is 0 Å². The molecule has 4 rings (SSSR count). The molecule has 1 unspecified atom stereocenters. The van der Waals surface area contributed by atoms with E-state index in [1.807, 2.05) is 16.8 Å². The van der Waals surface area contributed by atoms with Crippen LogP contribution in [0.4, 0.5) is 13.2 Å². The zero-order valence-electron chi connectivity index (χ0n) is 12.7. The van der Waals surface area contributed by atoms with Crippen LogP contribution < -0.4 is 5.32 Å². The smallest absolute Gasteiger partial charge is 0.394 e. The van der Waals surface area contributed by atoms with Crippen LogP contribution in [0.3, 0.4) is 0 Å². The van der Waals surface area contributed by atoms with Gasteiger partial charge in [-0.25, -0.2) is 0 Å². The molecule has 1 aromatic heterocycles. The summed E-state index contributed by atoms with van der Waals surface area (Å²) in [5, 5.41) is 16.1. The summed E-state index contributed by atoms with van der Waals surface area (Å²) in [6, 6.07) is 1.35. The zero-order valence-corrected chi connectivity index (χ0v) is 13.5. The van der Waals surface area contributed by atoms with Gasteiger partial charge in [-0.15, -0.1) is 0 Å². The van der Waals surface area contributed by atoms with Crippen molar-refractivity contribution in [2.45, 2.75) is 50.7 Å². The lowest BCUT2D eigenvalue weighted by molar-refractivity contribution is -0.258. The fourth-order valence-corrected chi connectivity index (χ4v) is 4.68. The predicted molar refractivity (Wildman–Crippen MR) is 80.9 cm³/mol. The molecule has 0 spiro atoms. The summed E-state index contributed by atoms with van der Waals surface area (Å²) < 4.78 is 39.8. The van der Waals surface area contributed by atoms with E-state index in [1.54, 1.807) is 0 Å². The van der Waals surface area contributed by atoms with Crippen molar-refractivity contribution in [2.75, 3.05) is 6.61 Å². The van der Waals surface area contributed by atoms with Crippen LogP contribution in [0.5, 0.6) is 0 Å². The summed E-state index contributed by atoms with van der Waals surface area (Å²) in [6.45, 7) is -0.217. The third-order valence-electron chi connectivity index (χ3n) is 5.76. The second kappa shape index (κ2) is 5.77. The number of aliphatic hydroxyl groups excluding tert-OH is 1. The number of fused-ring (bicyclic) bond motifs is 3. The Morgan fingerprint density at radius 3 is 2.30 bits per heavy atom. The Hall–Kier alpha value is -1.08. The van der Waals surface area contributed by atoms with E-state index in [9.17, 15) is 23.1 Å². The minimum atomic E-state index is -4.18. The van der Waals surface area contributed by atoms with Crippen LogP contribution in [0.1, 0.15) is 50.1 Å². The highest BCUT2D eigenvalue weighted by Gasteiger charge is 2.63. The van der Waals surface area contributed by atoms with Crippen LogP contribution in [0.15, 0.2) is 16.8 Å². The van der Waals surface area contributed by atoms with Crippen LogP contribution in [0.2, 0.25) is 0 Å². The van der Waals surface area contributed by atoms with Gasteiger partial charge < -0.3 is 10.4 Å². The summed E-state index contributed by atoms with van der Waals surface area (Å²) in [7, 11) is 0. The first-order valence-corrected chi connectivity index (χ1v) is 8.77. The summed E-state index contributed by atoms with van der Waals surface area (Å²) in [5.41, 5.74) is -1.45. The number of halogens is 3. The minimum absolute atomic E-state index is 0.0339. The number of rotatable bonds is 4. The molecule has 3 saturated carbocycles. The summed E-state index contributed by atoms with van der Waals surface area (Å²) in [4.78, 5) is 12.7. The van der Waals surface area contributed by atoms with Gasteiger partial charge in [0.25, 0.3) is 0 Å². The van der Waals surface area contributed by atoms with Crippen molar-refractivity contribution < 1.29 is 23.1 Å². The Morgan fingerprint density at radius 1 is 1.26 bits per heavy atom. The van der Waals surface area contributed by atoms with Crippen molar-refractivity contribution in [2.24, 2.45) is 10.8 Å². The topological polar surface area (TPSA) is 49.3 Å². The molecule has 0 aliphatic heterocycles. The average molecular weight is 347 g/mol. The Labute approximate surface area is 136 Å². The van der Waals surface area contributed by atoms with Gasteiger partial charge in [0.05, 0.1) is 18.1 Å². The molecule has 3 aliphatic carbocycles. The van der Waals surface area contributed by atoms with E-state index in [0.29, 0.717) is 0 Å². The molecule has 1 amide bonds. The molecule has 7 heteroatoms. The number of thiophene rings is 1. The molecule has 2 bridgehead atoms. The van der Waals surface area contributed by atoms with Crippen molar-refractivity contribution in [1.82, 2.24) is 5.32 Å². The molecular weight excluding hydrogens is 327 g/mol. The first-order chi connectivity index (χ1) is 10.8. The van der Waals surface area contributed by atoms with Gasteiger partial charge in [-0.3, -0.25) is 4.79 Å². The van der Waals surface area contributed by atoms with E-state index in [-0.39, 0.29) is 51.0 Å². The van der Waals surface area contributed by atoms with Crippen LogP contribution in [0.25, 0.3) is 0 Å². The first-order valence-electron chi connectivity index (χ1n) is 7.83. The maximum Gasteiger partial charge on any atom is 0.394 e. The highest BCUT2D eigenvalue weighted by molar-refractivity contribution is 7.07. The van der Waals surface area contributed by atoms with E-state index in [2.05, 4.69) is 5.32 Å². The second-order valence-corrected chi connectivity index (χ2v) is 7.60. The lowest BCUT2D eigenvalue weighted by Gasteiger charge is -2.52. The highest BCUT2D eigenvalue weighted by atomic mass is 32.1. The molecule has 3 nitrogen and oxygen atoms in total. The Kier molecular flexibility index (Phi) is 4.21. The fraction of sp³-hybridized carbons (Fsp3) is 0.688. The summed E-state index contributed by atoms with van der Waals surface area (Å²) in [6.07, 6.45) is -3.24. The Bertz CT molecular complexity index is 546. The van der Waals surface area contributed by atoms with Gasteiger partial charge in [-0.1, -0.05) is 0 Å². The Morgan fingerprint density at radius 2 is 1.87 bits per heavy atom. The summed E-state index contributed by atoms with van der Waals surface area (Å²) in [5.74, 6) is -0.210. The van der Waals surface area contributed by atoms with Gasteiger partial charge in [0.2, 0.25) is 5.91 Å². The lowest BCUT2D eigenvalue weighted by Crippen LogP contribution is -2.55. The number of nitrogens with one attached hydrogen (secondary N) is 1. The quantitative estimate of drug-likeness (QED) is 0.870. The van der Waals surface area contributed by atoms with Crippen LogP contribution in [-0.2, 0) is 4.79 Å². The molecule has 23 heavy (non-hydrogen) atoms. The van der Waals surface area contributed by atoms with Crippen molar-refractivity contribution >= 4 is 17.2 Å². The van der Waals surface area contributed by atoms with Gasteiger partial charge in [-0.2, -0.15) is 24.5 Å². The van der Waals surface area contributed by atoms with E-state index >= 15 is 0 Å². The number of hydrogen-bond acceptors (Lipinski definition) is 3. The maximum atomic E-state index is 13.3. The van der Waals surface area contributed by atoms with Gasteiger partial charge in [-0.05, 0) is 60.9 Å². The maximum absolute atomic E-state index is 13.3. The third kappa shape index (κ3) is 2.78. The molecular formula is C16H20F3NO2S. The third-order valence-corrected chi connectivity index (χ3v) is 6.46. The normalized spacial score (nSPS) is 31.8. The molecule has 3 fully saturated rings. The molecule has 128 valence electrons. The fourth-order valence-electron chi connectivity index (χ4n) is 3.97. The van der Waals surface area contributed by atoms with E-state index in [1.165, 1.54) is 11.3 Å². The zero-order chi connectivity index (χ0) is 16.7. The summed E-state index contributed by atoms with van der Waals surface area (Å²) >= 11 is 1.47. The van der Waals surface area contributed by atoms with Gasteiger partial charge in [0, 0.05) is 5.41 Å². The number of carbonyl (C=O) groups is 1. The van der Waals surface area contributed by atoms with Crippen LogP contribution >= 0.6 is 11.3 Å². The number of aliphatic hydroxyl groups is 1. The highest BCUT2D eigenvalue weighted by Crippen LogP contribution is 2.62. The van der Waals surface area contributed by atoms with E-state index in [0.717, 1.165) is 5.56 Å². The monoisotopic (exact) mass is 347 g/mol. The van der Waals surface area contributed by atoms with E-state index < -0.39 is 23.0 Å². The van der Waals surface area contributed by atoms with Crippen LogP contribution in [0, 0.1) is 10.8 Å². The molecule has 1 heterocycles. The van der Waals surface area contributed by atoms with Crippen LogP contribution in [-0.4, -0.2) is 23.8 Å². The standard InChI is InChI=1S/C16H20F3NO2S/c17-16(18,19)15-5-2-14(3-6-15,4-7-15)13(22)20-12(9-21)11-1-8-23-10-11/h1,8,10,12,21H,2-7,9H2,(H,20,22). The molecule has 2 N–H and O–H groups in total. The lowest BCUT2D eigenvalue weighted by atomic mass is 9.53. The number of alkyl halides is 3. The van der Waals surface area contributed by atoms with Crippen molar-refractivity contribution in [1.29, 1.82) is 0 Å². The molecule has 1 atom stereocenters. The van der Waals surface area contributed by atoms with Crippen molar-refractivity contribution in [3.8, 4) is 0 Å². The first kappa shape index (κ1) is 16.8. The molecule has 0 aromatic carbocycles. The van der Waals surface area contributed by atoms with Gasteiger partial charge in [0.15, 0.2) is 0 Å². The Balaban J connectivity index is 1.70. The second-order valence-electron chi connectivity index (χ2n) is 6.82. The predicted octanol–water partition coefficient (Wildman–Crippen LogP) is 3.80. The largest absolute Gasteiger partial charge is 0.394 e. The SMILES string of the molecule is O=C(NC(CO)c1ccsc1)C12CCC(C(F)(F)F)(CC1)CC2. The van der Waals surface area contributed by atoms with E-state index in [4.69, 9.17) is 0 Å².